The predicted octanol–water partition coefficient (Wildman–Crippen LogP) is 4.12. The Morgan fingerprint density at radius 3 is 2.35 bits per heavy atom. The molecule has 7 heteroatoms. The quantitative estimate of drug-likeness (QED) is 0.512. The molecule has 0 heterocycles. The number of halogens is 2. The Hall–Kier alpha value is -2.11. The molecule has 1 saturated carbocycles. The number of rotatable bonds is 4. The summed E-state index contributed by atoms with van der Waals surface area (Å²) in [5, 5.41) is 13.6. The molecule has 0 radical (unpaired) electrons. The summed E-state index contributed by atoms with van der Waals surface area (Å²) in [6.07, 6.45) is 0. The number of benzene rings is 2. The molecule has 2 aromatic carbocycles. The number of carbonyl (C=O) groups is 1. The first kappa shape index (κ1) is 15.8. The topological polar surface area (TPSA) is 72.2 Å². The molecule has 5 nitrogen and oxygen atoms in total. The predicted molar refractivity (Wildman–Crippen MR) is 88.8 cm³/mol. The van der Waals surface area contributed by atoms with E-state index >= 15 is 0 Å². The van der Waals surface area contributed by atoms with E-state index in [1.165, 1.54) is 18.2 Å². The minimum Gasteiger partial charge on any atom is -0.320 e. The van der Waals surface area contributed by atoms with Gasteiger partial charge in [-0.2, -0.15) is 0 Å². The normalized spacial score (nSPS) is 21.5. The number of nitrogens with one attached hydrogen (secondary N) is 1. The zero-order valence-electron chi connectivity index (χ0n) is 11.8. The number of anilines is 1. The van der Waals surface area contributed by atoms with Crippen LogP contribution in [0.2, 0.25) is 0 Å². The summed E-state index contributed by atoms with van der Waals surface area (Å²) in [5.74, 6) is -1.43. The van der Waals surface area contributed by atoms with Gasteiger partial charge in [0.2, 0.25) is 5.91 Å². The average molecular weight is 351 g/mol. The summed E-state index contributed by atoms with van der Waals surface area (Å²) in [5.41, 5.74) is 0.818. The smallest absolute Gasteiger partial charge is 0.292 e. The van der Waals surface area contributed by atoms with Crippen LogP contribution in [0.15, 0.2) is 54.6 Å². The maximum atomic E-state index is 12.4. The molecule has 1 N–H and O–H groups in total. The van der Waals surface area contributed by atoms with Gasteiger partial charge >= 0.3 is 0 Å². The number of nitro groups is 1. The van der Waals surface area contributed by atoms with Crippen molar-refractivity contribution in [1.29, 1.82) is 0 Å². The fourth-order valence-corrected chi connectivity index (χ4v) is 3.51. The van der Waals surface area contributed by atoms with Crippen LogP contribution in [0.5, 0.6) is 0 Å². The number of hydrogen-bond donors (Lipinski definition) is 1. The Balaban J connectivity index is 1.81. The molecule has 1 fully saturated rings. The largest absolute Gasteiger partial charge is 0.320 e. The molecule has 2 unspecified atom stereocenters. The van der Waals surface area contributed by atoms with E-state index in [-0.39, 0.29) is 17.3 Å². The minimum absolute atomic E-state index is 0.130. The van der Waals surface area contributed by atoms with E-state index in [1.807, 2.05) is 30.3 Å². The summed E-state index contributed by atoms with van der Waals surface area (Å²) in [6, 6.07) is 15.2. The lowest BCUT2D eigenvalue weighted by atomic mass is 10.1. The van der Waals surface area contributed by atoms with Gasteiger partial charge in [-0.3, -0.25) is 14.9 Å². The number of para-hydroxylation sites is 2. The molecule has 23 heavy (non-hydrogen) atoms. The second kappa shape index (κ2) is 5.83. The molecule has 2 aromatic rings. The standard InChI is InChI=1S/C16H12Cl2N2O3/c17-16(18)13(10-6-2-1-3-7-10)14(16)15(21)19-11-8-4-5-9-12(11)20(22)23/h1-9,13-14H,(H,19,21). The van der Waals surface area contributed by atoms with Crippen LogP contribution in [-0.2, 0) is 4.79 Å². The molecule has 0 spiro atoms. The van der Waals surface area contributed by atoms with Crippen molar-refractivity contribution < 1.29 is 9.72 Å². The second-order valence-corrected chi connectivity index (χ2v) is 6.75. The summed E-state index contributed by atoms with van der Waals surface area (Å²) in [7, 11) is 0. The molecule has 0 bridgehead atoms. The van der Waals surface area contributed by atoms with Crippen LogP contribution in [-0.4, -0.2) is 15.2 Å². The van der Waals surface area contributed by atoms with Gasteiger partial charge in [-0.1, -0.05) is 42.5 Å². The van der Waals surface area contributed by atoms with Crippen LogP contribution in [0.1, 0.15) is 11.5 Å². The lowest BCUT2D eigenvalue weighted by Gasteiger charge is -2.05. The molecular formula is C16H12Cl2N2O3. The van der Waals surface area contributed by atoms with E-state index in [4.69, 9.17) is 23.2 Å². The fourth-order valence-electron chi connectivity index (χ4n) is 2.68. The fraction of sp³-hybridized carbons (Fsp3) is 0.188. The highest BCUT2D eigenvalue weighted by Crippen LogP contribution is 2.65. The SMILES string of the molecule is O=C(Nc1ccccc1[N+](=O)[O-])C1C(c2ccccc2)C1(Cl)Cl. The van der Waals surface area contributed by atoms with Gasteiger partial charge in [0.25, 0.3) is 5.69 Å². The maximum Gasteiger partial charge on any atom is 0.292 e. The van der Waals surface area contributed by atoms with Crippen molar-refractivity contribution in [1.82, 2.24) is 0 Å². The molecular weight excluding hydrogens is 339 g/mol. The first-order valence-electron chi connectivity index (χ1n) is 6.90. The number of nitro benzene ring substituents is 1. The highest BCUT2D eigenvalue weighted by molar-refractivity contribution is 6.53. The first-order chi connectivity index (χ1) is 10.9. The monoisotopic (exact) mass is 350 g/mol. The molecule has 1 aliphatic carbocycles. The Morgan fingerprint density at radius 2 is 1.70 bits per heavy atom. The van der Waals surface area contributed by atoms with Crippen molar-refractivity contribution in [3.8, 4) is 0 Å². The van der Waals surface area contributed by atoms with E-state index in [2.05, 4.69) is 5.32 Å². The lowest BCUT2D eigenvalue weighted by Crippen LogP contribution is -2.17. The van der Waals surface area contributed by atoms with Gasteiger partial charge in [0.05, 0.1) is 10.8 Å². The second-order valence-electron chi connectivity index (χ2n) is 5.30. The Labute approximate surface area is 142 Å². The highest BCUT2D eigenvalue weighted by atomic mass is 35.5. The van der Waals surface area contributed by atoms with E-state index in [0.29, 0.717) is 0 Å². The lowest BCUT2D eigenvalue weighted by molar-refractivity contribution is -0.383. The van der Waals surface area contributed by atoms with Crippen LogP contribution >= 0.6 is 23.2 Å². The van der Waals surface area contributed by atoms with Gasteiger partial charge < -0.3 is 5.32 Å². The van der Waals surface area contributed by atoms with E-state index in [9.17, 15) is 14.9 Å². The Bertz CT molecular complexity index is 765. The summed E-state index contributed by atoms with van der Waals surface area (Å²) >= 11 is 12.5. The van der Waals surface area contributed by atoms with E-state index in [0.717, 1.165) is 5.56 Å². The third-order valence-corrected chi connectivity index (χ3v) is 4.79. The maximum absolute atomic E-state index is 12.4. The van der Waals surface area contributed by atoms with Gasteiger partial charge in [-0.05, 0) is 11.6 Å². The number of carbonyl (C=O) groups excluding carboxylic acids is 1. The van der Waals surface area contributed by atoms with Gasteiger partial charge in [-0.15, -0.1) is 23.2 Å². The Kier molecular flexibility index (Phi) is 4.00. The van der Waals surface area contributed by atoms with Crippen molar-refractivity contribution in [3.05, 3.63) is 70.3 Å². The first-order valence-corrected chi connectivity index (χ1v) is 7.65. The minimum atomic E-state index is -1.21. The van der Waals surface area contributed by atoms with Crippen LogP contribution in [0.3, 0.4) is 0 Å². The average Bonchev–Trinajstić information content (AvgIpc) is 3.11. The van der Waals surface area contributed by atoms with Crippen LogP contribution in [0, 0.1) is 16.0 Å². The van der Waals surface area contributed by atoms with Crippen molar-refractivity contribution in [3.63, 3.8) is 0 Å². The summed E-state index contributed by atoms with van der Waals surface area (Å²) < 4.78 is -1.21. The number of hydrogen-bond acceptors (Lipinski definition) is 3. The Morgan fingerprint density at radius 1 is 1.09 bits per heavy atom. The van der Waals surface area contributed by atoms with E-state index < -0.39 is 21.1 Å². The van der Waals surface area contributed by atoms with Crippen LogP contribution < -0.4 is 5.32 Å². The zero-order chi connectivity index (χ0) is 16.6. The third kappa shape index (κ3) is 2.90. The van der Waals surface area contributed by atoms with Gasteiger partial charge in [0, 0.05) is 12.0 Å². The van der Waals surface area contributed by atoms with Crippen molar-refractivity contribution in [2.45, 2.75) is 10.3 Å². The van der Waals surface area contributed by atoms with Crippen LogP contribution in [0.4, 0.5) is 11.4 Å². The van der Waals surface area contributed by atoms with Crippen LogP contribution in [0.25, 0.3) is 0 Å². The molecule has 0 aromatic heterocycles. The molecule has 1 aliphatic rings. The van der Waals surface area contributed by atoms with Crippen molar-refractivity contribution in [2.75, 3.05) is 5.32 Å². The number of amides is 1. The molecule has 2 atom stereocenters. The van der Waals surface area contributed by atoms with Gasteiger partial charge in [0.1, 0.15) is 10.0 Å². The highest BCUT2D eigenvalue weighted by Gasteiger charge is 2.67. The van der Waals surface area contributed by atoms with Crippen molar-refractivity contribution >= 4 is 40.5 Å². The molecule has 0 aliphatic heterocycles. The van der Waals surface area contributed by atoms with E-state index in [1.54, 1.807) is 6.07 Å². The van der Waals surface area contributed by atoms with Crippen molar-refractivity contribution in [2.24, 2.45) is 5.92 Å². The molecule has 0 saturated heterocycles. The number of nitrogens with zero attached hydrogens (tertiary/aromatic N) is 1. The zero-order valence-corrected chi connectivity index (χ0v) is 13.3. The summed E-state index contributed by atoms with van der Waals surface area (Å²) in [6.45, 7) is 0. The molecule has 118 valence electrons. The molecule has 1 amide bonds. The van der Waals surface area contributed by atoms with Gasteiger partial charge in [-0.25, -0.2) is 0 Å². The number of alkyl halides is 2. The third-order valence-electron chi connectivity index (χ3n) is 3.85. The summed E-state index contributed by atoms with van der Waals surface area (Å²) in [4.78, 5) is 22.9. The van der Waals surface area contributed by atoms with Gasteiger partial charge in [0.15, 0.2) is 0 Å². The molecule has 3 rings (SSSR count).